The van der Waals surface area contributed by atoms with Crippen LogP contribution in [0.2, 0.25) is 0 Å². The van der Waals surface area contributed by atoms with Gasteiger partial charge in [-0.25, -0.2) is 4.39 Å². The minimum absolute atomic E-state index is 0.154. The Labute approximate surface area is 132 Å². The quantitative estimate of drug-likeness (QED) is 0.725. The van der Waals surface area contributed by atoms with Crippen LogP contribution in [-0.4, -0.2) is 17.6 Å². The van der Waals surface area contributed by atoms with Gasteiger partial charge in [0.15, 0.2) is 0 Å². The Balaban J connectivity index is 1.64. The number of halogens is 1. The lowest BCUT2D eigenvalue weighted by Gasteiger charge is -2.14. The van der Waals surface area contributed by atoms with E-state index in [-0.39, 0.29) is 17.5 Å². The summed E-state index contributed by atoms with van der Waals surface area (Å²) in [5.41, 5.74) is 3.07. The summed E-state index contributed by atoms with van der Waals surface area (Å²) in [6.07, 6.45) is 0.826. The number of amides is 1. The summed E-state index contributed by atoms with van der Waals surface area (Å²) in [4.78, 5) is 14.3. The van der Waals surface area contributed by atoms with Gasteiger partial charge >= 0.3 is 0 Å². The lowest BCUT2D eigenvalue weighted by atomic mass is 10.1. The zero-order valence-electron chi connectivity index (χ0n) is 12.2. The Morgan fingerprint density at radius 2 is 2.00 bits per heavy atom. The van der Waals surface area contributed by atoms with Gasteiger partial charge in [-0.1, -0.05) is 35.5 Å². The number of para-hydroxylation sites is 1. The first-order chi connectivity index (χ1) is 11.2. The second kappa shape index (κ2) is 5.35. The molecule has 1 aliphatic heterocycles. The minimum atomic E-state index is -0.355. The number of hydrogen-bond acceptors (Lipinski definition) is 3. The second-order valence-corrected chi connectivity index (χ2v) is 5.42. The van der Waals surface area contributed by atoms with Crippen molar-refractivity contribution in [3.8, 4) is 11.3 Å². The van der Waals surface area contributed by atoms with Crippen molar-refractivity contribution < 1.29 is 13.7 Å². The lowest BCUT2D eigenvalue weighted by molar-refractivity contribution is 0.0954. The molecule has 5 heteroatoms. The van der Waals surface area contributed by atoms with Crippen molar-refractivity contribution in [1.29, 1.82) is 0 Å². The van der Waals surface area contributed by atoms with Crippen LogP contribution in [0.5, 0.6) is 0 Å². The third kappa shape index (κ3) is 2.40. The van der Waals surface area contributed by atoms with Crippen molar-refractivity contribution in [3.63, 3.8) is 0 Å². The first kappa shape index (κ1) is 13.7. The maximum atomic E-state index is 13.3. The molecular weight excluding hydrogens is 295 g/mol. The monoisotopic (exact) mass is 308 g/mol. The van der Waals surface area contributed by atoms with Gasteiger partial charge < -0.3 is 9.42 Å². The Morgan fingerprint density at radius 1 is 1.13 bits per heavy atom. The van der Waals surface area contributed by atoms with Crippen LogP contribution in [-0.2, 0) is 6.42 Å². The second-order valence-electron chi connectivity index (χ2n) is 5.42. The SMILES string of the molecule is O=C(c1cc(-c2cccc(F)c2)no1)N1CCc2ccccc21. The van der Waals surface area contributed by atoms with E-state index in [0.717, 1.165) is 17.7 Å². The van der Waals surface area contributed by atoms with Crippen molar-refractivity contribution in [3.05, 3.63) is 71.7 Å². The molecule has 2 aromatic carbocycles. The smallest absolute Gasteiger partial charge is 0.296 e. The van der Waals surface area contributed by atoms with Crippen LogP contribution >= 0.6 is 0 Å². The number of aromatic nitrogens is 1. The molecule has 0 saturated carbocycles. The van der Waals surface area contributed by atoms with Gasteiger partial charge in [0.05, 0.1) is 0 Å². The van der Waals surface area contributed by atoms with Crippen LogP contribution in [0, 0.1) is 5.82 Å². The fourth-order valence-corrected chi connectivity index (χ4v) is 2.84. The molecule has 3 aromatic rings. The minimum Gasteiger partial charge on any atom is -0.350 e. The molecule has 4 nitrogen and oxygen atoms in total. The molecule has 0 unspecified atom stereocenters. The average molecular weight is 308 g/mol. The topological polar surface area (TPSA) is 46.3 Å². The Bertz CT molecular complexity index is 888. The van der Waals surface area contributed by atoms with Crippen molar-refractivity contribution in [2.75, 3.05) is 11.4 Å². The summed E-state index contributed by atoms with van der Waals surface area (Å²) < 4.78 is 18.5. The highest BCUT2D eigenvalue weighted by atomic mass is 19.1. The van der Waals surface area contributed by atoms with Gasteiger partial charge in [0.25, 0.3) is 5.91 Å². The molecule has 0 saturated heterocycles. The number of rotatable bonds is 2. The first-order valence-corrected chi connectivity index (χ1v) is 7.35. The number of anilines is 1. The predicted octanol–water partition coefficient (Wildman–Crippen LogP) is 3.68. The molecule has 23 heavy (non-hydrogen) atoms. The van der Waals surface area contributed by atoms with Gasteiger partial charge in [0.1, 0.15) is 11.5 Å². The third-order valence-corrected chi connectivity index (χ3v) is 3.97. The van der Waals surface area contributed by atoms with Crippen LogP contribution < -0.4 is 4.90 Å². The first-order valence-electron chi connectivity index (χ1n) is 7.35. The highest BCUT2D eigenvalue weighted by molar-refractivity contribution is 6.05. The van der Waals surface area contributed by atoms with Crippen LogP contribution in [0.1, 0.15) is 16.1 Å². The summed E-state index contributed by atoms with van der Waals surface area (Å²) >= 11 is 0. The highest BCUT2D eigenvalue weighted by Crippen LogP contribution is 2.29. The summed E-state index contributed by atoms with van der Waals surface area (Å²) in [5, 5.41) is 3.89. The zero-order valence-corrected chi connectivity index (χ0v) is 12.2. The van der Waals surface area contributed by atoms with Crippen LogP contribution in [0.3, 0.4) is 0 Å². The molecule has 1 amide bonds. The van der Waals surface area contributed by atoms with E-state index in [9.17, 15) is 9.18 Å². The average Bonchev–Trinajstić information content (AvgIpc) is 3.22. The fraction of sp³-hybridized carbons (Fsp3) is 0.111. The molecule has 114 valence electrons. The van der Waals surface area contributed by atoms with Gasteiger partial charge in [0.2, 0.25) is 5.76 Å². The zero-order chi connectivity index (χ0) is 15.8. The number of nitrogens with zero attached hydrogens (tertiary/aromatic N) is 2. The van der Waals surface area contributed by atoms with Gasteiger partial charge in [-0.15, -0.1) is 0 Å². The van der Waals surface area contributed by atoms with Crippen LogP contribution in [0.15, 0.2) is 59.1 Å². The van der Waals surface area contributed by atoms with Crippen molar-refractivity contribution in [1.82, 2.24) is 5.16 Å². The Hall–Kier alpha value is -2.95. The van der Waals surface area contributed by atoms with E-state index in [2.05, 4.69) is 5.16 Å². The number of hydrogen-bond donors (Lipinski definition) is 0. The van der Waals surface area contributed by atoms with Gasteiger partial charge in [-0.2, -0.15) is 0 Å². The van der Waals surface area contributed by atoms with E-state index < -0.39 is 0 Å². The largest absolute Gasteiger partial charge is 0.350 e. The maximum Gasteiger partial charge on any atom is 0.296 e. The van der Waals surface area contributed by atoms with E-state index >= 15 is 0 Å². The Morgan fingerprint density at radius 3 is 2.87 bits per heavy atom. The standard InChI is InChI=1S/C18H13FN2O2/c19-14-6-3-5-13(10-14)15-11-17(23-20-15)18(22)21-9-8-12-4-1-2-7-16(12)21/h1-7,10-11H,8-9H2. The number of fused-ring (bicyclic) bond motifs is 1. The summed E-state index contributed by atoms with van der Waals surface area (Å²) in [7, 11) is 0. The third-order valence-electron chi connectivity index (χ3n) is 3.97. The van der Waals surface area contributed by atoms with Gasteiger partial charge in [-0.05, 0) is 30.2 Å². The van der Waals surface area contributed by atoms with E-state index in [4.69, 9.17) is 4.52 Å². The molecule has 0 fully saturated rings. The highest BCUT2D eigenvalue weighted by Gasteiger charge is 2.27. The van der Waals surface area contributed by atoms with Gasteiger partial charge in [0, 0.05) is 23.9 Å². The molecule has 1 aromatic heterocycles. The van der Waals surface area contributed by atoms with Crippen LogP contribution in [0.4, 0.5) is 10.1 Å². The molecule has 0 atom stereocenters. The molecule has 0 N–H and O–H groups in total. The van der Waals surface area contributed by atoms with Crippen molar-refractivity contribution in [2.45, 2.75) is 6.42 Å². The summed E-state index contributed by atoms with van der Waals surface area (Å²) in [6.45, 7) is 0.619. The van der Waals surface area contributed by atoms with E-state index in [1.807, 2.05) is 24.3 Å². The Kier molecular flexibility index (Phi) is 3.19. The van der Waals surface area contributed by atoms with Crippen molar-refractivity contribution >= 4 is 11.6 Å². The van der Waals surface area contributed by atoms with Crippen molar-refractivity contribution in [2.24, 2.45) is 0 Å². The number of carbonyl (C=O) groups is 1. The lowest BCUT2D eigenvalue weighted by Crippen LogP contribution is -2.28. The fourth-order valence-electron chi connectivity index (χ4n) is 2.84. The molecule has 0 bridgehead atoms. The number of benzene rings is 2. The van der Waals surface area contributed by atoms with Crippen LogP contribution in [0.25, 0.3) is 11.3 Å². The summed E-state index contributed by atoms with van der Waals surface area (Å²) in [5.74, 6) is -0.432. The normalized spacial score (nSPS) is 13.2. The molecule has 0 aliphatic carbocycles. The van der Waals surface area contributed by atoms with Gasteiger partial charge in [-0.3, -0.25) is 4.79 Å². The molecular formula is C18H13FN2O2. The molecule has 2 heterocycles. The maximum absolute atomic E-state index is 13.3. The predicted molar refractivity (Wildman–Crippen MR) is 83.7 cm³/mol. The molecule has 4 rings (SSSR count). The molecule has 1 aliphatic rings. The van der Waals surface area contributed by atoms with E-state index in [1.165, 1.54) is 12.1 Å². The van der Waals surface area contributed by atoms with E-state index in [0.29, 0.717) is 17.8 Å². The van der Waals surface area contributed by atoms with E-state index in [1.54, 1.807) is 23.1 Å². The molecule has 0 radical (unpaired) electrons. The molecule has 0 spiro atoms. The summed E-state index contributed by atoms with van der Waals surface area (Å²) in [6, 6.07) is 15.4. The number of carbonyl (C=O) groups excluding carboxylic acids is 1.